The van der Waals surface area contributed by atoms with E-state index in [-0.39, 0.29) is 12.2 Å². The molecule has 0 unspecified atom stereocenters. The second-order valence-corrected chi connectivity index (χ2v) is 4.28. The number of ketones is 1. The maximum Gasteiger partial charge on any atom is 0.171 e. The Morgan fingerprint density at radius 2 is 2.05 bits per heavy atom. The van der Waals surface area contributed by atoms with Crippen molar-refractivity contribution in [2.45, 2.75) is 6.42 Å². The van der Waals surface area contributed by atoms with Crippen molar-refractivity contribution in [3.8, 4) is 0 Å². The largest absolute Gasteiger partial charge is 0.294 e. The summed E-state index contributed by atoms with van der Waals surface area (Å²) in [5.41, 5.74) is 1.50. The van der Waals surface area contributed by atoms with Crippen LogP contribution in [0.2, 0.25) is 0 Å². The Bertz CT molecular complexity index is 743. The van der Waals surface area contributed by atoms with E-state index in [0.717, 1.165) is 10.9 Å². The van der Waals surface area contributed by atoms with Gasteiger partial charge in [-0.3, -0.25) is 14.5 Å². The summed E-state index contributed by atoms with van der Waals surface area (Å²) in [7, 11) is 1.78. The van der Waals surface area contributed by atoms with E-state index in [2.05, 4.69) is 15.1 Å². The molecular formula is C14H12N4O. The van der Waals surface area contributed by atoms with Gasteiger partial charge in [0, 0.05) is 24.2 Å². The van der Waals surface area contributed by atoms with Crippen molar-refractivity contribution >= 4 is 16.7 Å². The predicted octanol–water partition coefficient (Wildman–Crippen LogP) is 1.79. The third-order valence-electron chi connectivity index (χ3n) is 3.07. The van der Waals surface area contributed by atoms with E-state index < -0.39 is 0 Å². The molecule has 3 aromatic rings. The lowest BCUT2D eigenvalue weighted by atomic mass is 10.0. The number of carbonyl (C=O) groups is 1. The van der Waals surface area contributed by atoms with Crippen LogP contribution in [0, 0.1) is 0 Å². The highest BCUT2D eigenvalue weighted by Crippen LogP contribution is 2.17. The molecule has 0 saturated carbocycles. The lowest BCUT2D eigenvalue weighted by Gasteiger charge is -2.04. The SMILES string of the molecule is Cn1ncnc1CC(=O)c1ccnc2ccccc12. The Hall–Kier alpha value is -2.56. The highest BCUT2D eigenvalue weighted by atomic mass is 16.1. The summed E-state index contributed by atoms with van der Waals surface area (Å²) in [4.78, 5) is 20.7. The minimum atomic E-state index is 0.0229. The molecule has 0 spiro atoms. The molecule has 0 N–H and O–H groups in total. The number of hydrogen-bond donors (Lipinski definition) is 0. The molecule has 19 heavy (non-hydrogen) atoms. The van der Waals surface area contributed by atoms with Gasteiger partial charge in [0.1, 0.15) is 12.2 Å². The van der Waals surface area contributed by atoms with E-state index >= 15 is 0 Å². The number of para-hydroxylation sites is 1. The number of pyridine rings is 1. The fraction of sp³-hybridized carbons (Fsp3) is 0.143. The van der Waals surface area contributed by atoms with Crippen LogP contribution in [-0.4, -0.2) is 25.5 Å². The molecule has 2 heterocycles. The first-order valence-corrected chi connectivity index (χ1v) is 5.95. The predicted molar refractivity (Wildman–Crippen MR) is 70.8 cm³/mol. The zero-order valence-corrected chi connectivity index (χ0v) is 10.4. The van der Waals surface area contributed by atoms with Crippen LogP contribution in [0.25, 0.3) is 10.9 Å². The minimum absolute atomic E-state index is 0.0229. The van der Waals surface area contributed by atoms with Gasteiger partial charge in [0.15, 0.2) is 5.78 Å². The quantitative estimate of drug-likeness (QED) is 0.667. The van der Waals surface area contributed by atoms with Gasteiger partial charge >= 0.3 is 0 Å². The molecule has 0 atom stereocenters. The molecular weight excluding hydrogens is 240 g/mol. The van der Waals surface area contributed by atoms with E-state index in [1.807, 2.05) is 24.3 Å². The Morgan fingerprint density at radius 1 is 1.21 bits per heavy atom. The summed E-state index contributed by atoms with van der Waals surface area (Å²) in [5, 5.41) is 4.84. The Kier molecular flexibility index (Phi) is 2.79. The summed E-state index contributed by atoms with van der Waals surface area (Å²) in [5.74, 6) is 0.681. The van der Waals surface area contributed by atoms with Crippen molar-refractivity contribution in [1.29, 1.82) is 0 Å². The summed E-state index contributed by atoms with van der Waals surface area (Å²) in [6, 6.07) is 9.37. The molecule has 5 heteroatoms. The first kappa shape index (κ1) is 11.5. The first-order chi connectivity index (χ1) is 9.25. The molecule has 5 nitrogen and oxygen atoms in total. The molecule has 0 aliphatic carbocycles. The number of aromatic nitrogens is 4. The highest BCUT2D eigenvalue weighted by Gasteiger charge is 2.13. The normalized spacial score (nSPS) is 10.8. The van der Waals surface area contributed by atoms with E-state index in [0.29, 0.717) is 11.4 Å². The van der Waals surface area contributed by atoms with Crippen LogP contribution in [0.15, 0.2) is 42.9 Å². The smallest absolute Gasteiger partial charge is 0.171 e. The van der Waals surface area contributed by atoms with Gasteiger partial charge in [0.2, 0.25) is 0 Å². The Balaban J connectivity index is 2.00. The minimum Gasteiger partial charge on any atom is -0.294 e. The third-order valence-corrected chi connectivity index (χ3v) is 3.07. The number of benzene rings is 1. The van der Waals surface area contributed by atoms with Crippen LogP contribution in [0.1, 0.15) is 16.2 Å². The fourth-order valence-corrected chi connectivity index (χ4v) is 2.06. The van der Waals surface area contributed by atoms with Crippen LogP contribution in [-0.2, 0) is 13.5 Å². The number of Topliss-reactive ketones (excluding diaryl/α,β-unsaturated/α-hetero) is 1. The average molecular weight is 252 g/mol. The lowest BCUT2D eigenvalue weighted by Crippen LogP contribution is -2.09. The number of nitrogens with zero attached hydrogens (tertiary/aromatic N) is 4. The third kappa shape index (κ3) is 2.10. The standard InChI is InChI=1S/C14H12N4O/c1-18-14(16-9-17-18)8-13(19)11-6-7-15-12-5-3-2-4-10(11)12/h2-7,9H,8H2,1H3. The van der Waals surface area contributed by atoms with Crippen molar-refractivity contribution in [2.24, 2.45) is 7.05 Å². The maximum absolute atomic E-state index is 12.4. The van der Waals surface area contributed by atoms with Gasteiger partial charge in [0.25, 0.3) is 0 Å². The van der Waals surface area contributed by atoms with Gasteiger partial charge in [0.05, 0.1) is 11.9 Å². The Morgan fingerprint density at radius 3 is 2.84 bits per heavy atom. The zero-order valence-electron chi connectivity index (χ0n) is 10.4. The highest BCUT2D eigenvalue weighted by molar-refractivity contribution is 6.07. The molecule has 0 bridgehead atoms. The molecule has 0 saturated heterocycles. The van der Waals surface area contributed by atoms with Crippen LogP contribution in [0.4, 0.5) is 0 Å². The van der Waals surface area contributed by atoms with E-state index in [9.17, 15) is 4.79 Å². The number of hydrogen-bond acceptors (Lipinski definition) is 4. The first-order valence-electron chi connectivity index (χ1n) is 5.95. The monoisotopic (exact) mass is 252 g/mol. The topological polar surface area (TPSA) is 60.7 Å². The fourth-order valence-electron chi connectivity index (χ4n) is 2.06. The van der Waals surface area contributed by atoms with Crippen molar-refractivity contribution in [3.05, 3.63) is 54.2 Å². The van der Waals surface area contributed by atoms with Crippen LogP contribution < -0.4 is 0 Å². The zero-order chi connectivity index (χ0) is 13.2. The van der Waals surface area contributed by atoms with Gasteiger partial charge in [-0.2, -0.15) is 5.10 Å². The molecule has 2 aromatic heterocycles. The summed E-state index contributed by atoms with van der Waals surface area (Å²) in [6.45, 7) is 0. The molecule has 1 aromatic carbocycles. The van der Waals surface area contributed by atoms with E-state index in [1.54, 1.807) is 24.0 Å². The van der Waals surface area contributed by atoms with Crippen LogP contribution in [0.3, 0.4) is 0 Å². The Labute approximate surface area is 109 Å². The van der Waals surface area contributed by atoms with Gasteiger partial charge in [-0.1, -0.05) is 18.2 Å². The van der Waals surface area contributed by atoms with Gasteiger partial charge in [-0.05, 0) is 12.1 Å². The van der Waals surface area contributed by atoms with Gasteiger partial charge < -0.3 is 0 Å². The summed E-state index contributed by atoms with van der Waals surface area (Å²) >= 11 is 0. The van der Waals surface area contributed by atoms with Crippen molar-refractivity contribution in [1.82, 2.24) is 19.7 Å². The number of carbonyl (C=O) groups excluding carboxylic acids is 1. The molecule has 0 aliphatic rings. The van der Waals surface area contributed by atoms with Gasteiger partial charge in [-0.25, -0.2) is 4.98 Å². The van der Waals surface area contributed by atoms with E-state index in [4.69, 9.17) is 0 Å². The average Bonchev–Trinajstić information content (AvgIpc) is 2.83. The van der Waals surface area contributed by atoms with Crippen LogP contribution in [0.5, 0.6) is 0 Å². The lowest BCUT2D eigenvalue weighted by molar-refractivity contribution is 0.0991. The molecule has 3 rings (SSSR count). The van der Waals surface area contributed by atoms with Crippen molar-refractivity contribution in [3.63, 3.8) is 0 Å². The molecule has 0 amide bonds. The maximum atomic E-state index is 12.4. The molecule has 0 aliphatic heterocycles. The van der Waals surface area contributed by atoms with Gasteiger partial charge in [-0.15, -0.1) is 0 Å². The number of aryl methyl sites for hydroxylation is 1. The van der Waals surface area contributed by atoms with Crippen molar-refractivity contribution in [2.75, 3.05) is 0 Å². The molecule has 0 radical (unpaired) electrons. The summed E-state index contributed by atoms with van der Waals surface area (Å²) in [6.07, 6.45) is 3.35. The molecule has 0 fully saturated rings. The second-order valence-electron chi connectivity index (χ2n) is 4.28. The number of rotatable bonds is 3. The van der Waals surface area contributed by atoms with E-state index in [1.165, 1.54) is 6.33 Å². The van der Waals surface area contributed by atoms with Crippen molar-refractivity contribution < 1.29 is 4.79 Å². The second kappa shape index (κ2) is 4.61. The number of fused-ring (bicyclic) bond motifs is 1. The summed E-state index contributed by atoms with van der Waals surface area (Å²) < 4.78 is 1.61. The molecule has 94 valence electrons. The van der Waals surface area contributed by atoms with Crippen LogP contribution >= 0.6 is 0 Å².